The van der Waals surface area contributed by atoms with Crippen molar-refractivity contribution in [1.29, 1.82) is 0 Å². The molecule has 1 aromatic carbocycles. The van der Waals surface area contributed by atoms with Gasteiger partial charge >= 0.3 is 0 Å². The van der Waals surface area contributed by atoms with Crippen molar-refractivity contribution in [3.8, 4) is 0 Å². The van der Waals surface area contributed by atoms with Gasteiger partial charge in [0.05, 0.1) is 0 Å². The average Bonchev–Trinajstić information content (AvgIpc) is 2.48. The number of pyridine rings is 1. The summed E-state index contributed by atoms with van der Waals surface area (Å²) >= 11 is 0. The lowest BCUT2D eigenvalue weighted by molar-refractivity contribution is -0.119. The highest BCUT2D eigenvalue weighted by molar-refractivity contribution is 5.91. The van der Waals surface area contributed by atoms with Crippen LogP contribution in [0.4, 0.5) is 11.4 Å². The first-order valence-corrected chi connectivity index (χ1v) is 6.71. The molecule has 1 amide bonds. The van der Waals surface area contributed by atoms with E-state index >= 15 is 0 Å². The van der Waals surface area contributed by atoms with Gasteiger partial charge in [0.1, 0.15) is 6.61 Å². The molecule has 1 heterocycles. The molecule has 1 aromatic heterocycles. The summed E-state index contributed by atoms with van der Waals surface area (Å²) in [5.41, 5.74) is 4.11. The van der Waals surface area contributed by atoms with Crippen molar-refractivity contribution < 1.29 is 9.53 Å². The number of benzene rings is 1. The molecule has 2 N–H and O–H groups in total. The minimum atomic E-state index is -0.163. The van der Waals surface area contributed by atoms with Crippen LogP contribution < -0.4 is 10.6 Å². The summed E-state index contributed by atoms with van der Waals surface area (Å²) in [7, 11) is 1.49. The smallest absolute Gasteiger partial charge is 0.250 e. The van der Waals surface area contributed by atoms with E-state index in [9.17, 15) is 4.79 Å². The van der Waals surface area contributed by atoms with Crippen molar-refractivity contribution in [1.82, 2.24) is 4.98 Å². The van der Waals surface area contributed by atoms with Crippen LogP contribution in [0, 0.1) is 6.92 Å². The Hall–Kier alpha value is -2.40. The Bertz CT molecular complexity index is 597. The minimum absolute atomic E-state index is 0.0558. The third kappa shape index (κ3) is 4.57. The zero-order valence-corrected chi connectivity index (χ0v) is 12.2. The van der Waals surface area contributed by atoms with Crippen LogP contribution in [-0.4, -0.2) is 24.6 Å². The van der Waals surface area contributed by atoms with Gasteiger partial charge < -0.3 is 15.4 Å². The molecule has 0 aliphatic carbocycles. The molecule has 2 aromatic rings. The molecule has 110 valence electrons. The molecular formula is C16H19N3O2. The Morgan fingerprint density at radius 2 is 1.90 bits per heavy atom. The molecule has 5 nitrogen and oxygen atoms in total. The number of aromatic nitrogens is 1. The molecule has 0 aliphatic heterocycles. The molecule has 0 atom stereocenters. The zero-order chi connectivity index (χ0) is 15.1. The number of carbonyl (C=O) groups is 1. The van der Waals surface area contributed by atoms with Crippen LogP contribution in [0.2, 0.25) is 0 Å². The van der Waals surface area contributed by atoms with E-state index in [1.54, 1.807) is 6.20 Å². The van der Waals surface area contributed by atoms with Crippen molar-refractivity contribution in [3.63, 3.8) is 0 Å². The number of aryl methyl sites for hydroxylation is 1. The fourth-order valence-electron chi connectivity index (χ4n) is 1.88. The number of hydrogen-bond acceptors (Lipinski definition) is 4. The van der Waals surface area contributed by atoms with Gasteiger partial charge in [-0.15, -0.1) is 0 Å². The van der Waals surface area contributed by atoms with Crippen LogP contribution in [0.5, 0.6) is 0 Å². The molecule has 0 saturated carbocycles. The van der Waals surface area contributed by atoms with Crippen molar-refractivity contribution in [3.05, 3.63) is 53.9 Å². The maximum atomic E-state index is 11.4. The van der Waals surface area contributed by atoms with Crippen LogP contribution in [0.3, 0.4) is 0 Å². The van der Waals surface area contributed by atoms with E-state index < -0.39 is 0 Å². The standard InChI is InChI=1S/C16H19N3O2/c1-12-7-8-17-9-13(12)10-18-14-3-5-15(6-4-14)19-16(20)11-21-2/h3-9,18H,10-11H2,1-2H3,(H,19,20). The normalized spacial score (nSPS) is 10.2. The second-order valence-electron chi connectivity index (χ2n) is 4.71. The van der Waals surface area contributed by atoms with E-state index in [2.05, 4.69) is 22.5 Å². The number of ether oxygens (including phenoxy) is 1. The lowest BCUT2D eigenvalue weighted by Gasteiger charge is -2.10. The molecule has 0 unspecified atom stereocenters. The number of rotatable bonds is 6. The summed E-state index contributed by atoms with van der Waals surface area (Å²) in [6.07, 6.45) is 3.65. The first-order valence-electron chi connectivity index (χ1n) is 6.71. The van der Waals surface area contributed by atoms with Gasteiger partial charge in [-0.05, 0) is 48.4 Å². The van der Waals surface area contributed by atoms with E-state index in [1.165, 1.54) is 12.7 Å². The van der Waals surface area contributed by atoms with E-state index in [0.29, 0.717) is 0 Å². The van der Waals surface area contributed by atoms with Gasteiger partial charge in [0, 0.05) is 37.4 Å². The van der Waals surface area contributed by atoms with Crippen molar-refractivity contribution in [2.75, 3.05) is 24.4 Å². The van der Waals surface area contributed by atoms with Gasteiger partial charge in [-0.2, -0.15) is 0 Å². The Morgan fingerprint density at radius 3 is 2.57 bits per heavy atom. The highest BCUT2D eigenvalue weighted by Crippen LogP contribution is 2.15. The van der Waals surface area contributed by atoms with Crippen molar-refractivity contribution >= 4 is 17.3 Å². The van der Waals surface area contributed by atoms with Crippen LogP contribution >= 0.6 is 0 Å². The Labute approximate surface area is 124 Å². The fourth-order valence-corrected chi connectivity index (χ4v) is 1.88. The lowest BCUT2D eigenvalue weighted by atomic mass is 10.1. The van der Waals surface area contributed by atoms with Crippen molar-refractivity contribution in [2.24, 2.45) is 0 Å². The number of nitrogens with one attached hydrogen (secondary N) is 2. The lowest BCUT2D eigenvalue weighted by Crippen LogP contribution is -2.16. The second kappa shape index (κ2) is 7.40. The van der Waals surface area contributed by atoms with E-state index in [1.807, 2.05) is 36.5 Å². The van der Waals surface area contributed by atoms with Crippen LogP contribution in [0.15, 0.2) is 42.7 Å². The predicted molar refractivity (Wildman–Crippen MR) is 83.2 cm³/mol. The number of hydrogen-bond donors (Lipinski definition) is 2. The van der Waals surface area contributed by atoms with Gasteiger partial charge in [0.15, 0.2) is 0 Å². The van der Waals surface area contributed by atoms with Gasteiger partial charge in [0.25, 0.3) is 0 Å². The highest BCUT2D eigenvalue weighted by atomic mass is 16.5. The minimum Gasteiger partial charge on any atom is -0.381 e. The van der Waals surface area contributed by atoms with Gasteiger partial charge in [-0.25, -0.2) is 0 Å². The zero-order valence-electron chi connectivity index (χ0n) is 12.2. The molecule has 0 spiro atoms. The average molecular weight is 285 g/mol. The number of carbonyl (C=O) groups excluding carboxylic acids is 1. The molecule has 0 aliphatic rings. The van der Waals surface area contributed by atoms with E-state index in [-0.39, 0.29) is 12.5 Å². The highest BCUT2D eigenvalue weighted by Gasteiger charge is 2.02. The first kappa shape index (κ1) is 15.0. The fraction of sp³-hybridized carbons (Fsp3) is 0.250. The van der Waals surface area contributed by atoms with E-state index in [4.69, 9.17) is 4.74 Å². The topological polar surface area (TPSA) is 63.2 Å². The Morgan fingerprint density at radius 1 is 1.19 bits per heavy atom. The maximum Gasteiger partial charge on any atom is 0.250 e. The summed E-state index contributed by atoms with van der Waals surface area (Å²) in [5.74, 6) is -0.163. The van der Waals surface area contributed by atoms with Crippen LogP contribution in [0.1, 0.15) is 11.1 Å². The molecule has 0 radical (unpaired) electrons. The molecule has 0 saturated heterocycles. The Balaban J connectivity index is 1.91. The second-order valence-corrected chi connectivity index (χ2v) is 4.71. The van der Waals surface area contributed by atoms with Gasteiger partial charge in [0.2, 0.25) is 5.91 Å². The molecule has 2 rings (SSSR count). The van der Waals surface area contributed by atoms with Crippen LogP contribution in [0.25, 0.3) is 0 Å². The third-order valence-corrected chi connectivity index (χ3v) is 3.07. The van der Waals surface area contributed by atoms with Gasteiger partial charge in [-0.1, -0.05) is 0 Å². The van der Waals surface area contributed by atoms with Gasteiger partial charge in [-0.3, -0.25) is 9.78 Å². The molecule has 21 heavy (non-hydrogen) atoms. The first-order chi connectivity index (χ1) is 10.2. The molecule has 5 heteroatoms. The monoisotopic (exact) mass is 285 g/mol. The summed E-state index contributed by atoms with van der Waals surface area (Å²) in [6.45, 7) is 2.84. The SMILES string of the molecule is COCC(=O)Nc1ccc(NCc2cnccc2C)cc1. The van der Waals surface area contributed by atoms with E-state index in [0.717, 1.165) is 23.5 Å². The summed E-state index contributed by atoms with van der Waals surface area (Å²) in [6, 6.07) is 9.55. The van der Waals surface area contributed by atoms with Crippen LogP contribution in [-0.2, 0) is 16.1 Å². The molecule has 0 fully saturated rings. The summed E-state index contributed by atoms with van der Waals surface area (Å²) < 4.78 is 4.77. The number of nitrogens with zero attached hydrogens (tertiary/aromatic N) is 1. The predicted octanol–water partition coefficient (Wildman–Crippen LogP) is 2.59. The molecule has 0 bridgehead atoms. The summed E-state index contributed by atoms with van der Waals surface area (Å²) in [5, 5.41) is 6.08. The number of anilines is 2. The number of methoxy groups -OCH3 is 1. The molecular weight excluding hydrogens is 266 g/mol. The quantitative estimate of drug-likeness (QED) is 0.856. The number of amides is 1. The Kier molecular flexibility index (Phi) is 5.29. The third-order valence-electron chi connectivity index (χ3n) is 3.07. The largest absolute Gasteiger partial charge is 0.381 e. The maximum absolute atomic E-state index is 11.4. The summed E-state index contributed by atoms with van der Waals surface area (Å²) in [4.78, 5) is 15.5. The van der Waals surface area contributed by atoms with Crippen molar-refractivity contribution in [2.45, 2.75) is 13.5 Å².